The van der Waals surface area contributed by atoms with Crippen molar-refractivity contribution in [2.75, 3.05) is 26.3 Å². The molecule has 0 bridgehead atoms. The molecular weight excluding hydrogens is 385 g/mol. The van der Waals surface area contributed by atoms with Crippen LogP contribution in [0.15, 0.2) is 30.3 Å². The molecule has 2 aliphatic heterocycles. The van der Waals surface area contributed by atoms with Gasteiger partial charge in [-0.2, -0.15) is 0 Å². The first kappa shape index (κ1) is 24.2. The molecule has 0 radical (unpaired) electrons. The number of amides is 1. The number of nitrogens with zero attached hydrogens (tertiary/aromatic N) is 1. The normalized spacial score (nSPS) is 25.0. The first-order valence-corrected chi connectivity index (χ1v) is 9.50. The molecule has 3 rings (SSSR count). The van der Waals surface area contributed by atoms with E-state index >= 15 is 0 Å². The van der Waals surface area contributed by atoms with E-state index in [1.807, 2.05) is 0 Å². The van der Waals surface area contributed by atoms with Crippen molar-refractivity contribution in [1.29, 1.82) is 0 Å². The third-order valence-electron chi connectivity index (χ3n) is 5.90. The molecule has 2 heterocycles. The van der Waals surface area contributed by atoms with Crippen LogP contribution in [-0.2, 0) is 16.1 Å². The smallest absolute Gasteiger partial charge is 0.227 e. The van der Waals surface area contributed by atoms with Crippen LogP contribution in [0.3, 0.4) is 0 Å². The number of nitrogens with one attached hydrogen (secondary N) is 1. The third kappa shape index (κ3) is 6.06. The number of nitrogens with two attached hydrogens (primary N) is 1. The zero-order chi connectivity index (χ0) is 17.7. The maximum Gasteiger partial charge on any atom is 0.227 e. The Kier molecular flexibility index (Phi) is 10.1. The van der Waals surface area contributed by atoms with Crippen molar-refractivity contribution in [3.8, 4) is 0 Å². The molecule has 1 amide bonds. The van der Waals surface area contributed by atoms with Crippen molar-refractivity contribution in [2.24, 2.45) is 11.1 Å². The largest absolute Gasteiger partial charge is 0.381 e. The average molecular weight is 418 g/mol. The van der Waals surface area contributed by atoms with Crippen molar-refractivity contribution in [3.63, 3.8) is 0 Å². The fourth-order valence-corrected chi connectivity index (χ4v) is 4.03. The van der Waals surface area contributed by atoms with Gasteiger partial charge in [0.15, 0.2) is 0 Å². The summed E-state index contributed by atoms with van der Waals surface area (Å²) in [4.78, 5) is 15.3. The molecule has 154 valence electrons. The number of halogens is 2. The number of hydrogen-bond donors (Lipinski definition) is 2. The predicted molar refractivity (Wildman–Crippen MR) is 114 cm³/mol. The van der Waals surface area contributed by atoms with Gasteiger partial charge in [-0.05, 0) is 38.2 Å². The van der Waals surface area contributed by atoms with E-state index < -0.39 is 5.41 Å². The van der Waals surface area contributed by atoms with Crippen molar-refractivity contribution in [1.82, 2.24) is 10.2 Å². The number of benzene rings is 1. The molecule has 2 fully saturated rings. The highest BCUT2D eigenvalue weighted by Crippen LogP contribution is 2.30. The zero-order valence-corrected chi connectivity index (χ0v) is 17.7. The van der Waals surface area contributed by atoms with Crippen LogP contribution in [-0.4, -0.2) is 49.2 Å². The summed E-state index contributed by atoms with van der Waals surface area (Å²) >= 11 is 0. The molecule has 3 N–H and O–H groups in total. The van der Waals surface area contributed by atoms with Crippen LogP contribution in [0.2, 0.25) is 0 Å². The number of rotatable bonds is 5. The summed E-state index contributed by atoms with van der Waals surface area (Å²) in [5.41, 5.74) is 6.88. The number of carbonyl (C=O) groups excluding carboxylic acids is 1. The summed E-state index contributed by atoms with van der Waals surface area (Å²) in [7, 11) is 0. The van der Waals surface area contributed by atoms with Gasteiger partial charge >= 0.3 is 0 Å². The molecule has 2 atom stereocenters. The Bertz CT molecular complexity index is 568. The lowest BCUT2D eigenvalue weighted by atomic mass is 9.79. The van der Waals surface area contributed by atoms with E-state index in [1.165, 1.54) is 5.56 Å². The minimum absolute atomic E-state index is 0. The molecule has 2 saturated heterocycles. The zero-order valence-electron chi connectivity index (χ0n) is 16.1. The second kappa shape index (κ2) is 11.2. The summed E-state index contributed by atoms with van der Waals surface area (Å²) < 4.78 is 5.41. The van der Waals surface area contributed by atoms with Crippen molar-refractivity contribution < 1.29 is 9.53 Å². The van der Waals surface area contributed by atoms with Crippen LogP contribution >= 0.6 is 24.8 Å². The van der Waals surface area contributed by atoms with E-state index in [4.69, 9.17) is 10.5 Å². The Labute approximate surface area is 175 Å². The molecule has 0 aliphatic carbocycles. The van der Waals surface area contributed by atoms with Crippen molar-refractivity contribution in [3.05, 3.63) is 35.9 Å². The highest BCUT2D eigenvalue weighted by Gasteiger charge is 2.40. The van der Waals surface area contributed by atoms with Gasteiger partial charge in [0.1, 0.15) is 0 Å². The Balaban J connectivity index is 0.00000182. The number of ether oxygens (including phenoxy) is 1. The average Bonchev–Trinajstić information content (AvgIpc) is 2.65. The summed E-state index contributed by atoms with van der Waals surface area (Å²) in [6.07, 6.45) is 3.46. The number of likely N-dealkylation sites (tertiary alicyclic amines) is 1. The fraction of sp³-hybridized carbons (Fsp3) is 0.650. The van der Waals surface area contributed by atoms with Gasteiger partial charge in [-0.15, -0.1) is 24.8 Å². The van der Waals surface area contributed by atoms with Crippen LogP contribution in [0.4, 0.5) is 0 Å². The van der Waals surface area contributed by atoms with Gasteiger partial charge in [0.05, 0.1) is 5.41 Å². The van der Waals surface area contributed by atoms with Crippen LogP contribution in [0.25, 0.3) is 0 Å². The monoisotopic (exact) mass is 417 g/mol. The molecule has 27 heavy (non-hydrogen) atoms. The Morgan fingerprint density at radius 3 is 2.52 bits per heavy atom. The van der Waals surface area contributed by atoms with Crippen LogP contribution < -0.4 is 11.1 Å². The van der Waals surface area contributed by atoms with Crippen LogP contribution in [0.1, 0.15) is 38.2 Å². The quantitative estimate of drug-likeness (QED) is 0.772. The highest BCUT2D eigenvalue weighted by molar-refractivity contribution is 5.85. The third-order valence-corrected chi connectivity index (χ3v) is 5.90. The Morgan fingerprint density at radius 1 is 1.26 bits per heavy atom. The molecule has 1 aromatic rings. The maximum atomic E-state index is 12.8. The molecule has 5 nitrogen and oxygen atoms in total. The second-order valence-electron chi connectivity index (χ2n) is 7.60. The summed E-state index contributed by atoms with van der Waals surface area (Å²) in [6.45, 7) is 5.93. The predicted octanol–water partition coefficient (Wildman–Crippen LogP) is 2.75. The summed E-state index contributed by atoms with van der Waals surface area (Å²) in [6, 6.07) is 11.3. The molecule has 0 spiro atoms. The molecule has 2 aliphatic rings. The molecule has 1 aromatic carbocycles. The molecular formula is C20H33Cl2N3O2. The van der Waals surface area contributed by atoms with Gasteiger partial charge in [-0.1, -0.05) is 30.3 Å². The lowest BCUT2D eigenvalue weighted by Crippen LogP contribution is -2.55. The van der Waals surface area contributed by atoms with Crippen LogP contribution in [0.5, 0.6) is 0 Å². The molecule has 0 aromatic heterocycles. The van der Waals surface area contributed by atoms with E-state index in [1.54, 1.807) is 0 Å². The van der Waals surface area contributed by atoms with Gasteiger partial charge < -0.3 is 15.8 Å². The lowest BCUT2D eigenvalue weighted by molar-refractivity contribution is -0.137. The van der Waals surface area contributed by atoms with Gasteiger partial charge in [0.2, 0.25) is 5.91 Å². The number of carbonyl (C=O) groups is 1. The van der Waals surface area contributed by atoms with Crippen LogP contribution in [0, 0.1) is 5.41 Å². The topological polar surface area (TPSA) is 67.6 Å². The van der Waals surface area contributed by atoms with Crippen molar-refractivity contribution >= 4 is 30.7 Å². The standard InChI is InChI=1S/C20H31N3O2.2ClH/c1-16-13-18(7-10-23(16)14-17-5-3-2-4-6-17)22-19(24)20(15-21)8-11-25-12-9-20;;/h2-6,16,18H,7-15,21H2,1H3,(H,22,24);2*1H. The van der Waals surface area contributed by atoms with Gasteiger partial charge in [0, 0.05) is 44.9 Å². The van der Waals surface area contributed by atoms with E-state index in [-0.39, 0.29) is 36.8 Å². The van der Waals surface area contributed by atoms with Gasteiger partial charge in [-0.25, -0.2) is 0 Å². The SMILES string of the molecule is CC1CC(NC(=O)C2(CN)CCOCC2)CCN1Cc1ccccc1.Cl.Cl. The maximum absolute atomic E-state index is 12.8. The van der Waals surface area contributed by atoms with E-state index in [0.29, 0.717) is 25.8 Å². The first-order valence-electron chi connectivity index (χ1n) is 9.50. The van der Waals surface area contributed by atoms with E-state index in [9.17, 15) is 4.79 Å². The van der Waals surface area contributed by atoms with E-state index in [0.717, 1.165) is 38.8 Å². The minimum atomic E-state index is -0.428. The lowest BCUT2D eigenvalue weighted by Gasteiger charge is -2.40. The minimum Gasteiger partial charge on any atom is -0.381 e. The fourth-order valence-electron chi connectivity index (χ4n) is 4.03. The summed E-state index contributed by atoms with van der Waals surface area (Å²) in [5.74, 6) is 0.131. The second-order valence-corrected chi connectivity index (χ2v) is 7.60. The van der Waals surface area contributed by atoms with Crippen molar-refractivity contribution in [2.45, 2.75) is 51.2 Å². The highest BCUT2D eigenvalue weighted by atomic mass is 35.5. The van der Waals surface area contributed by atoms with Gasteiger partial charge in [-0.3, -0.25) is 9.69 Å². The first-order chi connectivity index (χ1) is 12.1. The molecule has 2 unspecified atom stereocenters. The Hall–Kier alpha value is -0.850. The molecule has 7 heteroatoms. The van der Waals surface area contributed by atoms with E-state index in [2.05, 4.69) is 47.5 Å². The number of piperidine rings is 1. The Morgan fingerprint density at radius 2 is 1.93 bits per heavy atom. The summed E-state index contributed by atoms with van der Waals surface area (Å²) in [5, 5.41) is 3.29. The molecule has 0 saturated carbocycles. The van der Waals surface area contributed by atoms with Gasteiger partial charge in [0.25, 0.3) is 0 Å². The number of hydrogen-bond acceptors (Lipinski definition) is 4.